The molecule has 5 nitrogen and oxygen atoms in total. The van der Waals surface area contributed by atoms with Gasteiger partial charge in [-0.2, -0.15) is 0 Å². The van der Waals surface area contributed by atoms with Crippen molar-refractivity contribution in [1.82, 2.24) is 10.2 Å². The van der Waals surface area contributed by atoms with Crippen molar-refractivity contribution in [2.24, 2.45) is 0 Å². The molecule has 1 amide bonds. The molecule has 0 bridgehead atoms. The maximum absolute atomic E-state index is 13.1. The van der Waals surface area contributed by atoms with Crippen molar-refractivity contribution >= 4 is 26.5 Å². The molecular weight excluding hydrogens is 348 g/mol. The lowest BCUT2D eigenvalue weighted by molar-refractivity contribution is -0.133. The van der Waals surface area contributed by atoms with Crippen LogP contribution in [-0.4, -0.2) is 56.9 Å². The van der Waals surface area contributed by atoms with Crippen LogP contribution in [-0.2, 0) is 21.1 Å². The Morgan fingerprint density at radius 1 is 1.12 bits per heavy atom. The minimum atomic E-state index is -3.48. The summed E-state index contributed by atoms with van der Waals surface area (Å²) < 4.78 is 23.6. The van der Waals surface area contributed by atoms with Gasteiger partial charge in [0.1, 0.15) is 0 Å². The molecule has 1 aliphatic heterocycles. The number of sulfone groups is 1. The monoisotopic (exact) mass is 374 g/mol. The van der Waals surface area contributed by atoms with Crippen LogP contribution in [0.25, 0.3) is 10.8 Å². The van der Waals surface area contributed by atoms with Crippen LogP contribution in [0.3, 0.4) is 0 Å². The third-order valence-electron chi connectivity index (χ3n) is 5.45. The number of piperidine rings is 1. The van der Waals surface area contributed by atoms with E-state index in [0.717, 1.165) is 0 Å². The quantitative estimate of drug-likeness (QED) is 0.869. The van der Waals surface area contributed by atoms with Crippen LogP contribution in [0.2, 0.25) is 0 Å². The Balaban J connectivity index is 1.78. The van der Waals surface area contributed by atoms with E-state index in [1.54, 1.807) is 11.9 Å². The first kappa shape index (κ1) is 18.9. The number of benzene rings is 2. The number of hydrogen-bond acceptors (Lipinski definition) is 4. The number of carbonyl (C=O) groups excluding carboxylic acids is 1. The average molecular weight is 375 g/mol. The topological polar surface area (TPSA) is 66.5 Å². The van der Waals surface area contributed by atoms with Crippen LogP contribution in [0.4, 0.5) is 0 Å². The largest absolute Gasteiger partial charge is 0.344 e. The summed E-state index contributed by atoms with van der Waals surface area (Å²) in [6, 6.07) is 14.3. The maximum atomic E-state index is 13.1. The number of likely N-dealkylation sites (N-methyl/N-ethyl adjacent to an activating group) is 1. The predicted octanol–water partition coefficient (Wildman–Crippen LogP) is 2.01. The minimum Gasteiger partial charge on any atom is -0.344 e. The molecule has 0 aromatic heterocycles. The third kappa shape index (κ3) is 3.48. The zero-order chi connectivity index (χ0) is 18.8. The molecule has 2 aromatic rings. The fraction of sp³-hybridized carbons (Fsp3) is 0.450. The number of nitrogens with one attached hydrogen (secondary N) is 1. The zero-order valence-corrected chi connectivity index (χ0v) is 16.2. The van der Waals surface area contributed by atoms with Crippen molar-refractivity contribution < 1.29 is 13.2 Å². The molecule has 1 heterocycles. The highest BCUT2D eigenvalue weighted by Gasteiger charge is 2.49. The second kappa shape index (κ2) is 7.37. The Hall–Kier alpha value is -1.92. The van der Waals surface area contributed by atoms with E-state index in [2.05, 4.69) is 29.6 Å². The first-order valence-corrected chi connectivity index (χ1v) is 10.9. The molecule has 0 saturated carbocycles. The van der Waals surface area contributed by atoms with Gasteiger partial charge in [0.05, 0.1) is 0 Å². The smallest absolute Gasteiger partial charge is 0.243 e. The summed E-state index contributed by atoms with van der Waals surface area (Å²) in [7, 11) is -1.77. The lowest BCUT2D eigenvalue weighted by atomic mass is 9.95. The van der Waals surface area contributed by atoms with Gasteiger partial charge in [-0.3, -0.25) is 4.79 Å². The first-order chi connectivity index (χ1) is 12.3. The minimum absolute atomic E-state index is 0.276. The second-order valence-electron chi connectivity index (χ2n) is 7.13. The normalized spacial score (nSPS) is 17.2. The highest BCUT2D eigenvalue weighted by molar-refractivity contribution is 7.92. The fourth-order valence-electron chi connectivity index (χ4n) is 3.82. The van der Waals surface area contributed by atoms with E-state index in [1.165, 1.54) is 22.6 Å². The average Bonchev–Trinajstić information content (AvgIpc) is 2.65. The number of hydrogen-bond donors (Lipinski definition) is 1. The number of amides is 1. The van der Waals surface area contributed by atoms with Crippen molar-refractivity contribution in [2.45, 2.75) is 24.0 Å². The summed E-state index contributed by atoms with van der Waals surface area (Å²) in [5, 5.41) is 5.50. The standard InChI is InChI=1S/C20H26N2O3S/c1-22(19(23)20(26(2,24)25)11-13-21-14-12-20)15-10-17-8-5-7-16-6-3-4-9-18(16)17/h3-9,21H,10-15H2,1-2H3. The summed E-state index contributed by atoms with van der Waals surface area (Å²) >= 11 is 0. The van der Waals surface area contributed by atoms with Gasteiger partial charge >= 0.3 is 0 Å². The van der Waals surface area contributed by atoms with E-state index in [0.29, 0.717) is 38.9 Å². The molecular formula is C20H26N2O3S. The van der Waals surface area contributed by atoms with E-state index < -0.39 is 14.6 Å². The van der Waals surface area contributed by atoms with Crippen LogP contribution in [0.15, 0.2) is 42.5 Å². The Morgan fingerprint density at radius 2 is 1.77 bits per heavy atom. The van der Waals surface area contributed by atoms with Gasteiger partial charge in [-0.05, 0) is 48.7 Å². The number of fused-ring (bicyclic) bond motifs is 1. The first-order valence-electron chi connectivity index (χ1n) is 8.98. The van der Waals surface area contributed by atoms with Crippen LogP contribution < -0.4 is 5.32 Å². The Morgan fingerprint density at radius 3 is 2.46 bits per heavy atom. The summed E-state index contributed by atoms with van der Waals surface area (Å²) in [5.74, 6) is -0.276. The summed E-state index contributed by atoms with van der Waals surface area (Å²) in [4.78, 5) is 14.7. The summed E-state index contributed by atoms with van der Waals surface area (Å²) in [5.41, 5.74) is 1.17. The molecule has 140 valence electrons. The Labute approximate surface area is 155 Å². The summed E-state index contributed by atoms with van der Waals surface area (Å²) in [6.07, 6.45) is 2.56. The molecule has 0 radical (unpaired) electrons. The van der Waals surface area contributed by atoms with Gasteiger partial charge < -0.3 is 10.2 Å². The van der Waals surface area contributed by atoms with E-state index in [1.807, 2.05) is 18.2 Å². The highest BCUT2D eigenvalue weighted by Crippen LogP contribution is 2.30. The molecule has 1 fully saturated rings. The van der Waals surface area contributed by atoms with Crippen LogP contribution in [0.1, 0.15) is 18.4 Å². The van der Waals surface area contributed by atoms with E-state index >= 15 is 0 Å². The zero-order valence-electron chi connectivity index (χ0n) is 15.4. The molecule has 1 aliphatic rings. The predicted molar refractivity (Wildman–Crippen MR) is 105 cm³/mol. The number of carbonyl (C=O) groups is 1. The molecule has 2 aromatic carbocycles. The summed E-state index contributed by atoms with van der Waals surface area (Å²) in [6.45, 7) is 1.60. The van der Waals surface area contributed by atoms with Crippen molar-refractivity contribution in [3.63, 3.8) is 0 Å². The van der Waals surface area contributed by atoms with Crippen molar-refractivity contribution in [3.05, 3.63) is 48.0 Å². The SMILES string of the molecule is CN(CCc1cccc2ccccc12)C(=O)C1(S(C)(=O)=O)CCNCC1. The van der Waals surface area contributed by atoms with Gasteiger partial charge in [0.2, 0.25) is 5.91 Å². The molecule has 0 atom stereocenters. The molecule has 0 aliphatic carbocycles. The van der Waals surface area contributed by atoms with Gasteiger partial charge in [-0.15, -0.1) is 0 Å². The van der Waals surface area contributed by atoms with Gasteiger partial charge in [0, 0.05) is 19.8 Å². The molecule has 1 N–H and O–H groups in total. The van der Waals surface area contributed by atoms with Gasteiger partial charge in [0.25, 0.3) is 0 Å². The van der Waals surface area contributed by atoms with Crippen LogP contribution in [0, 0.1) is 0 Å². The second-order valence-corrected chi connectivity index (χ2v) is 9.46. The van der Waals surface area contributed by atoms with Gasteiger partial charge in [-0.25, -0.2) is 8.42 Å². The molecule has 0 unspecified atom stereocenters. The maximum Gasteiger partial charge on any atom is 0.243 e. The Kier molecular flexibility index (Phi) is 5.34. The third-order valence-corrected chi connectivity index (χ3v) is 7.46. The van der Waals surface area contributed by atoms with Gasteiger partial charge in [0.15, 0.2) is 14.6 Å². The van der Waals surface area contributed by atoms with E-state index in [-0.39, 0.29) is 5.91 Å². The highest BCUT2D eigenvalue weighted by atomic mass is 32.2. The lowest BCUT2D eigenvalue weighted by Gasteiger charge is -2.37. The van der Waals surface area contributed by atoms with Gasteiger partial charge in [-0.1, -0.05) is 42.5 Å². The molecule has 6 heteroatoms. The number of nitrogens with zero attached hydrogens (tertiary/aromatic N) is 1. The molecule has 26 heavy (non-hydrogen) atoms. The van der Waals surface area contributed by atoms with Crippen molar-refractivity contribution in [3.8, 4) is 0 Å². The fourth-order valence-corrected chi connectivity index (χ4v) is 5.24. The van der Waals surface area contributed by atoms with E-state index in [9.17, 15) is 13.2 Å². The number of rotatable bonds is 5. The van der Waals surface area contributed by atoms with Crippen molar-refractivity contribution in [2.75, 3.05) is 32.9 Å². The lowest BCUT2D eigenvalue weighted by Crippen LogP contribution is -2.57. The van der Waals surface area contributed by atoms with E-state index in [4.69, 9.17) is 0 Å². The van der Waals surface area contributed by atoms with Crippen LogP contribution >= 0.6 is 0 Å². The Bertz CT molecular complexity index is 897. The molecule has 0 spiro atoms. The van der Waals surface area contributed by atoms with Crippen molar-refractivity contribution in [1.29, 1.82) is 0 Å². The molecule has 1 saturated heterocycles. The van der Waals surface area contributed by atoms with Crippen LogP contribution in [0.5, 0.6) is 0 Å². The molecule has 3 rings (SSSR count).